The number of benzene rings is 2. The van der Waals surface area contributed by atoms with Crippen molar-refractivity contribution in [3.05, 3.63) is 54.1 Å². The van der Waals surface area contributed by atoms with Crippen molar-refractivity contribution in [2.75, 3.05) is 16.8 Å². The molecule has 3 aromatic rings. The van der Waals surface area contributed by atoms with E-state index in [4.69, 9.17) is 10.1 Å². The number of imidazole rings is 1. The Balaban J connectivity index is 2.06. The van der Waals surface area contributed by atoms with Crippen molar-refractivity contribution in [1.29, 1.82) is 0 Å². The van der Waals surface area contributed by atoms with E-state index in [1.165, 1.54) is 0 Å². The van der Waals surface area contributed by atoms with Crippen LogP contribution in [0.1, 0.15) is 6.92 Å². The van der Waals surface area contributed by atoms with Crippen molar-refractivity contribution in [3.8, 4) is 0 Å². The molecule has 148 valence electrons. The van der Waals surface area contributed by atoms with Crippen LogP contribution in [0.15, 0.2) is 53.5 Å². The Hall–Kier alpha value is -2.32. The van der Waals surface area contributed by atoms with Gasteiger partial charge in [0.1, 0.15) is 6.04 Å². The molecule has 2 N–H and O–H groups in total. The lowest BCUT2D eigenvalue weighted by Crippen LogP contribution is -2.27. The second kappa shape index (κ2) is 9.25. The van der Waals surface area contributed by atoms with Crippen molar-refractivity contribution in [2.24, 2.45) is 4.99 Å². The summed E-state index contributed by atoms with van der Waals surface area (Å²) in [5.41, 5.74) is 4.62. The molecule has 1 aromatic heterocycles. The van der Waals surface area contributed by atoms with Gasteiger partial charge in [0.2, 0.25) is 5.62 Å². The lowest BCUT2D eigenvalue weighted by atomic mass is 10.2. The van der Waals surface area contributed by atoms with Gasteiger partial charge in [-0.15, -0.1) is 0 Å². The third-order valence-electron chi connectivity index (χ3n) is 4.44. The molecular formula is C20H24N4O2S2. The molecular weight excluding hydrogens is 392 g/mol. The second-order valence-corrected chi connectivity index (χ2v) is 7.30. The van der Waals surface area contributed by atoms with Crippen LogP contribution in [0.5, 0.6) is 0 Å². The van der Waals surface area contributed by atoms with Crippen LogP contribution in [0.4, 0.5) is 11.4 Å². The van der Waals surface area contributed by atoms with E-state index >= 15 is 0 Å². The lowest BCUT2D eigenvalue weighted by Gasteiger charge is -2.10. The smallest absolute Gasteiger partial charge is 0.325 e. The summed E-state index contributed by atoms with van der Waals surface area (Å²) in [5.74, 6) is 0.522. The maximum Gasteiger partial charge on any atom is 0.325 e. The molecule has 28 heavy (non-hydrogen) atoms. The summed E-state index contributed by atoms with van der Waals surface area (Å²) < 4.78 is 4.34. The van der Waals surface area contributed by atoms with E-state index in [0.29, 0.717) is 11.5 Å². The molecule has 0 aliphatic rings. The van der Waals surface area contributed by atoms with Crippen molar-refractivity contribution < 1.29 is 9.90 Å². The van der Waals surface area contributed by atoms with Crippen LogP contribution in [-0.2, 0) is 17.9 Å². The van der Waals surface area contributed by atoms with Gasteiger partial charge >= 0.3 is 5.97 Å². The second-order valence-electron chi connectivity index (χ2n) is 6.40. The van der Waals surface area contributed by atoms with Gasteiger partial charge in [-0.05, 0) is 43.3 Å². The quantitative estimate of drug-likeness (QED) is 0.425. The minimum Gasteiger partial charge on any atom is -0.480 e. The average Bonchev–Trinajstić information content (AvgIpc) is 2.97. The van der Waals surface area contributed by atoms with Crippen LogP contribution < -0.4 is 10.9 Å². The van der Waals surface area contributed by atoms with E-state index in [-0.39, 0.29) is 0 Å². The van der Waals surface area contributed by atoms with Crippen LogP contribution in [0.3, 0.4) is 0 Å². The molecule has 0 amide bonds. The Morgan fingerprint density at radius 3 is 2.04 bits per heavy atom. The minimum absolute atomic E-state index is 0.654. The number of hydrogen-bond donors (Lipinski definition) is 4. The van der Waals surface area contributed by atoms with Crippen LogP contribution in [0.25, 0.3) is 11.0 Å². The number of anilines is 1. The first-order valence-corrected chi connectivity index (χ1v) is 10.4. The van der Waals surface area contributed by atoms with Gasteiger partial charge in [0.05, 0.1) is 16.7 Å². The summed E-state index contributed by atoms with van der Waals surface area (Å²) in [5, 5.41) is 12.0. The largest absolute Gasteiger partial charge is 0.480 e. The SMILES string of the molecule is CC(Nc1ccc(N=c2n(CCS)c3ccccc3n2CCS)cc1)C(=O)O. The highest BCUT2D eigenvalue weighted by Crippen LogP contribution is 2.18. The highest BCUT2D eigenvalue weighted by atomic mass is 32.1. The monoisotopic (exact) mass is 416 g/mol. The van der Waals surface area contributed by atoms with Gasteiger partial charge in [-0.3, -0.25) is 4.79 Å². The maximum atomic E-state index is 11.0. The highest BCUT2D eigenvalue weighted by molar-refractivity contribution is 7.80. The number of carboxylic acid groups (broad SMARTS) is 1. The summed E-state index contributed by atoms with van der Waals surface area (Å²) >= 11 is 8.82. The van der Waals surface area contributed by atoms with Gasteiger partial charge in [0.25, 0.3) is 0 Å². The van der Waals surface area contributed by atoms with Gasteiger partial charge in [0.15, 0.2) is 0 Å². The molecule has 0 saturated heterocycles. The van der Waals surface area contributed by atoms with Gasteiger partial charge in [-0.1, -0.05) is 12.1 Å². The zero-order chi connectivity index (χ0) is 20.1. The zero-order valence-electron chi connectivity index (χ0n) is 15.6. The minimum atomic E-state index is -0.891. The number of aliphatic carboxylic acids is 1. The Morgan fingerprint density at radius 2 is 1.57 bits per heavy atom. The van der Waals surface area contributed by atoms with Gasteiger partial charge in [0, 0.05) is 30.3 Å². The third kappa shape index (κ3) is 4.39. The molecule has 1 atom stereocenters. The predicted octanol–water partition coefficient (Wildman–Crippen LogP) is 3.42. The number of nitrogens with zero attached hydrogens (tertiary/aromatic N) is 3. The molecule has 6 nitrogen and oxygen atoms in total. The molecule has 0 fully saturated rings. The van der Waals surface area contributed by atoms with Crippen LogP contribution in [0.2, 0.25) is 0 Å². The first-order valence-electron chi connectivity index (χ1n) is 9.09. The van der Waals surface area contributed by atoms with E-state index in [9.17, 15) is 4.79 Å². The molecule has 8 heteroatoms. The lowest BCUT2D eigenvalue weighted by molar-refractivity contribution is -0.137. The van der Waals surface area contributed by atoms with E-state index < -0.39 is 12.0 Å². The first-order chi connectivity index (χ1) is 13.5. The zero-order valence-corrected chi connectivity index (χ0v) is 17.4. The average molecular weight is 417 g/mol. The van der Waals surface area contributed by atoms with Crippen molar-refractivity contribution in [2.45, 2.75) is 26.1 Å². The molecule has 3 rings (SSSR count). The molecule has 1 heterocycles. The number of aromatic nitrogens is 2. The Bertz CT molecular complexity index is 979. The number of nitrogens with one attached hydrogen (secondary N) is 1. The third-order valence-corrected chi connectivity index (χ3v) is 4.84. The Kier molecular flexibility index (Phi) is 6.74. The molecule has 0 aliphatic carbocycles. The number of hydrogen-bond acceptors (Lipinski definition) is 5. The number of carboxylic acids is 1. The van der Waals surface area contributed by atoms with Crippen molar-refractivity contribution in [1.82, 2.24) is 9.13 Å². The standard InChI is InChI=1S/C20H24N4O2S2/c1-14(19(25)26)21-15-6-8-16(9-7-15)22-20-23(10-12-27)17-4-2-3-5-18(17)24(20)11-13-28/h2-9,14,21,27-28H,10-13H2,1H3,(H,25,26). The summed E-state index contributed by atoms with van der Waals surface area (Å²) in [7, 11) is 0. The van der Waals surface area contributed by atoms with Gasteiger partial charge in [-0.2, -0.15) is 25.3 Å². The summed E-state index contributed by atoms with van der Waals surface area (Å²) in [6, 6.07) is 15.0. The molecule has 0 saturated carbocycles. The number of rotatable bonds is 8. The fraction of sp³-hybridized carbons (Fsp3) is 0.300. The highest BCUT2D eigenvalue weighted by Gasteiger charge is 2.12. The number of para-hydroxylation sites is 2. The number of aryl methyl sites for hydroxylation is 2. The fourth-order valence-electron chi connectivity index (χ4n) is 3.10. The molecule has 0 spiro atoms. The number of thiol groups is 2. The van der Waals surface area contributed by atoms with E-state index in [0.717, 1.165) is 41.1 Å². The molecule has 0 bridgehead atoms. The summed E-state index contributed by atoms with van der Waals surface area (Å²) in [4.78, 5) is 15.9. The summed E-state index contributed by atoms with van der Waals surface area (Å²) in [6.07, 6.45) is 0. The molecule has 0 radical (unpaired) electrons. The molecule has 0 aliphatic heterocycles. The van der Waals surface area contributed by atoms with E-state index in [2.05, 4.69) is 51.8 Å². The number of carbonyl (C=O) groups is 1. The van der Waals surface area contributed by atoms with Crippen LogP contribution in [0, 0.1) is 0 Å². The van der Waals surface area contributed by atoms with Gasteiger partial charge in [-0.25, -0.2) is 4.99 Å². The predicted molar refractivity (Wildman–Crippen MR) is 120 cm³/mol. The van der Waals surface area contributed by atoms with Crippen molar-refractivity contribution in [3.63, 3.8) is 0 Å². The topological polar surface area (TPSA) is 71.5 Å². The molecule has 1 unspecified atom stereocenters. The Morgan fingerprint density at radius 1 is 1.04 bits per heavy atom. The summed E-state index contributed by atoms with van der Waals surface area (Å²) in [6.45, 7) is 3.10. The van der Waals surface area contributed by atoms with Crippen LogP contribution >= 0.6 is 25.3 Å². The van der Waals surface area contributed by atoms with Crippen LogP contribution in [-0.4, -0.2) is 37.8 Å². The van der Waals surface area contributed by atoms with Gasteiger partial charge < -0.3 is 19.6 Å². The first kappa shape index (κ1) is 20.4. The number of fused-ring (bicyclic) bond motifs is 1. The van der Waals surface area contributed by atoms with E-state index in [1.807, 2.05) is 36.4 Å². The Labute approximate surface area is 174 Å². The van der Waals surface area contributed by atoms with E-state index in [1.54, 1.807) is 6.92 Å². The normalized spacial score (nSPS) is 12.1. The van der Waals surface area contributed by atoms with Crippen molar-refractivity contribution >= 4 is 53.6 Å². The fourth-order valence-corrected chi connectivity index (χ4v) is 3.50. The molecule has 2 aromatic carbocycles. The maximum absolute atomic E-state index is 11.0.